The predicted octanol–water partition coefficient (Wildman–Crippen LogP) is 4.64. The van der Waals surface area contributed by atoms with Gasteiger partial charge in [0.05, 0.1) is 10.5 Å². The summed E-state index contributed by atoms with van der Waals surface area (Å²) in [6, 6.07) is 10.3. The zero-order valence-electron chi connectivity index (χ0n) is 11.4. The molecule has 2 aromatic rings. The van der Waals surface area contributed by atoms with Gasteiger partial charge >= 0.3 is 5.69 Å². The van der Waals surface area contributed by atoms with Crippen molar-refractivity contribution in [1.29, 1.82) is 5.26 Å². The maximum absolute atomic E-state index is 11.2. The average molecular weight is 347 g/mol. The topological polar surface area (TPSA) is 76.2 Å². The molecule has 0 unspecified atom stereocenters. The molecule has 0 aliphatic heterocycles. The van der Waals surface area contributed by atoms with Crippen LogP contribution in [-0.2, 0) is 0 Å². The van der Waals surface area contributed by atoms with Gasteiger partial charge in [0.2, 0.25) is 5.75 Å². The molecule has 0 bridgehead atoms. The third-order valence-electron chi connectivity index (χ3n) is 2.95. The van der Waals surface area contributed by atoms with E-state index >= 15 is 0 Å². The van der Waals surface area contributed by atoms with E-state index in [0.717, 1.165) is 5.56 Å². The van der Waals surface area contributed by atoms with E-state index in [2.05, 4.69) is 15.9 Å². The van der Waals surface area contributed by atoms with Crippen molar-refractivity contribution in [3.8, 4) is 17.6 Å². The van der Waals surface area contributed by atoms with E-state index in [1.807, 2.05) is 6.07 Å². The summed E-state index contributed by atoms with van der Waals surface area (Å²) in [5, 5.41) is 20.3. The van der Waals surface area contributed by atoms with Gasteiger partial charge in [0.15, 0.2) is 0 Å². The SMILES string of the molecule is Cc1cccc(C#N)c1Oc1c(C)cc(Br)cc1[N+](=O)[O-]. The second-order valence-corrected chi connectivity index (χ2v) is 5.41. The normalized spacial score (nSPS) is 10.0. The number of halogens is 1. The number of aryl methyl sites for hydroxylation is 2. The molecule has 0 aliphatic rings. The monoisotopic (exact) mass is 346 g/mol. The molecule has 0 spiro atoms. The first-order chi connectivity index (χ1) is 9.93. The van der Waals surface area contributed by atoms with Crippen LogP contribution in [0.3, 0.4) is 0 Å². The summed E-state index contributed by atoms with van der Waals surface area (Å²) in [6.45, 7) is 3.51. The number of rotatable bonds is 3. The standard InChI is InChI=1S/C15H11BrN2O3/c1-9-4-3-5-11(8-17)14(9)21-15-10(2)6-12(16)7-13(15)18(19)20/h3-7H,1-2H3. The highest BCUT2D eigenvalue weighted by Crippen LogP contribution is 2.39. The summed E-state index contributed by atoms with van der Waals surface area (Å²) >= 11 is 3.23. The molecular formula is C15H11BrN2O3. The highest BCUT2D eigenvalue weighted by molar-refractivity contribution is 9.10. The van der Waals surface area contributed by atoms with Crippen LogP contribution in [0.15, 0.2) is 34.8 Å². The van der Waals surface area contributed by atoms with Crippen molar-refractivity contribution in [2.24, 2.45) is 0 Å². The Hall–Kier alpha value is -2.39. The summed E-state index contributed by atoms with van der Waals surface area (Å²) in [5.74, 6) is 0.488. The molecule has 0 heterocycles. The van der Waals surface area contributed by atoms with Gasteiger partial charge in [-0.2, -0.15) is 5.26 Å². The molecule has 0 aromatic heterocycles. The first-order valence-electron chi connectivity index (χ1n) is 6.06. The van der Waals surface area contributed by atoms with Crippen LogP contribution >= 0.6 is 15.9 Å². The summed E-state index contributed by atoms with van der Waals surface area (Å²) < 4.78 is 6.33. The Morgan fingerprint density at radius 1 is 1.24 bits per heavy atom. The van der Waals surface area contributed by atoms with Crippen molar-refractivity contribution in [2.75, 3.05) is 0 Å². The molecule has 2 aromatic carbocycles. The molecule has 0 atom stereocenters. The van der Waals surface area contributed by atoms with E-state index in [-0.39, 0.29) is 11.4 Å². The minimum absolute atomic E-state index is 0.144. The number of nitro groups is 1. The van der Waals surface area contributed by atoms with Crippen LogP contribution in [0.1, 0.15) is 16.7 Å². The van der Waals surface area contributed by atoms with Gasteiger partial charge in [-0.25, -0.2) is 0 Å². The van der Waals surface area contributed by atoms with Crippen LogP contribution in [0, 0.1) is 35.3 Å². The van der Waals surface area contributed by atoms with Crippen LogP contribution in [0.5, 0.6) is 11.5 Å². The van der Waals surface area contributed by atoms with E-state index in [4.69, 9.17) is 10.00 Å². The number of para-hydroxylation sites is 1. The van der Waals surface area contributed by atoms with Gasteiger partial charge in [-0.3, -0.25) is 10.1 Å². The van der Waals surface area contributed by atoms with Gasteiger partial charge in [-0.05, 0) is 37.1 Å². The highest BCUT2D eigenvalue weighted by atomic mass is 79.9. The van der Waals surface area contributed by atoms with Crippen LogP contribution < -0.4 is 4.74 Å². The van der Waals surface area contributed by atoms with Gasteiger partial charge < -0.3 is 4.74 Å². The lowest BCUT2D eigenvalue weighted by atomic mass is 10.1. The third kappa shape index (κ3) is 3.03. The number of nitrogens with zero attached hydrogens (tertiary/aromatic N) is 2. The fraction of sp³-hybridized carbons (Fsp3) is 0.133. The predicted molar refractivity (Wildman–Crippen MR) is 81.5 cm³/mol. The molecule has 106 valence electrons. The molecule has 5 nitrogen and oxygen atoms in total. The van der Waals surface area contributed by atoms with Crippen molar-refractivity contribution in [3.05, 3.63) is 61.6 Å². The number of hydrogen-bond acceptors (Lipinski definition) is 4. The fourth-order valence-corrected chi connectivity index (χ4v) is 2.52. The summed E-state index contributed by atoms with van der Waals surface area (Å²) in [7, 11) is 0. The molecule has 0 radical (unpaired) electrons. The third-order valence-corrected chi connectivity index (χ3v) is 3.41. The van der Waals surface area contributed by atoms with Crippen LogP contribution in [0.4, 0.5) is 5.69 Å². The largest absolute Gasteiger partial charge is 0.448 e. The maximum Gasteiger partial charge on any atom is 0.312 e. The lowest BCUT2D eigenvalue weighted by molar-refractivity contribution is -0.385. The van der Waals surface area contributed by atoms with Crippen LogP contribution in [0.25, 0.3) is 0 Å². The lowest BCUT2D eigenvalue weighted by Gasteiger charge is -2.12. The Morgan fingerprint density at radius 2 is 1.95 bits per heavy atom. The van der Waals surface area contributed by atoms with Crippen molar-refractivity contribution >= 4 is 21.6 Å². The molecular weight excluding hydrogens is 336 g/mol. The lowest BCUT2D eigenvalue weighted by Crippen LogP contribution is -1.98. The van der Waals surface area contributed by atoms with Crippen molar-refractivity contribution in [3.63, 3.8) is 0 Å². The minimum atomic E-state index is -0.503. The molecule has 2 rings (SSSR count). The summed E-state index contributed by atoms with van der Waals surface area (Å²) in [6.07, 6.45) is 0. The average Bonchev–Trinajstić information content (AvgIpc) is 2.42. The Morgan fingerprint density at radius 3 is 2.57 bits per heavy atom. The molecule has 0 aliphatic carbocycles. The molecule has 21 heavy (non-hydrogen) atoms. The smallest absolute Gasteiger partial charge is 0.312 e. The Labute approximate surface area is 130 Å². The molecule has 0 saturated carbocycles. The Balaban J connectivity index is 2.61. The summed E-state index contributed by atoms with van der Waals surface area (Å²) in [5.41, 5.74) is 1.55. The Kier molecular flexibility index (Phi) is 4.24. The Bertz CT molecular complexity index is 766. The quantitative estimate of drug-likeness (QED) is 0.599. The van der Waals surface area contributed by atoms with Crippen molar-refractivity contribution in [1.82, 2.24) is 0 Å². The summed E-state index contributed by atoms with van der Waals surface area (Å²) in [4.78, 5) is 10.7. The van der Waals surface area contributed by atoms with Crippen LogP contribution in [-0.4, -0.2) is 4.92 Å². The number of nitro benzene ring substituents is 1. The van der Waals surface area contributed by atoms with Gasteiger partial charge in [0.1, 0.15) is 11.8 Å². The molecule has 6 heteroatoms. The molecule has 0 fully saturated rings. The maximum atomic E-state index is 11.2. The van der Waals surface area contributed by atoms with Crippen molar-refractivity contribution in [2.45, 2.75) is 13.8 Å². The fourth-order valence-electron chi connectivity index (χ4n) is 1.96. The van der Waals surface area contributed by atoms with E-state index in [1.54, 1.807) is 38.1 Å². The number of nitriles is 1. The first-order valence-corrected chi connectivity index (χ1v) is 6.85. The molecule has 0 saturated heterocycles. The zero-order chi connectivity index (χ0) is 15.6. The first kappa shape index (κ1) is 15.0. The number of benzene rings is 2. The molecule has 0 N–H and O–H groups in total. The van der Waals surface area contributed by atoms with Gasteiger partial charge in [0.25, 0.3) is 0 Å². The van der Waals surface area contributed by atoms with Gasteiger partial charge in [-0.15, -0.1) is 0 Å². The molecule has 0 amide bonds. The van der Waals surface area contributed by atoms with E-state index in [9.17, 15) is 10.1 Å². The van der Waals surface area contributed by atoms with Crippen molar-refractivity contribution < 1.29 is 9.66 Å². The van der Waals surface area contributed by atoms with Gasteiger partial charge in [0, 0.05) is 10.5 Å². The van der Waals surface area contributed by atoms with E-state index < -0.39 is 4.92 Å². The van der Waals surface area contributed by atoms with Gasteiger partial charge in [-0.1, -0.05) is 28.1 Å². The number of hydrogen-bond donors (Lipinski definition) is 0. The number of ether oxygens (including phenoxy) is 1. The van der Waals surface area contributed by atoms with Crippen LogP contribution in [0.2, 0.25) is 0 Å². The zero-order valence-corrected chi connectivity index (χ0v) is 13.0. The highest BCUT2D eigenvalue weighted by Gasteiger charge is 2.21. The second-order valence-electron chi connectivity index (χ2n) is 4.49. The second kappa shape index (κ2) is 5.94. The minimum Gasteiger partial charge on any atom is -0.448 e. The van der Waals surface area contributed by atoms with E-state index in [0.29, 0.717) is 21.3 Å². The van der Waals surface area contributed by atoms with E-state index in [1.165, 1.54) is 6.07 Å².